The van der Waals surface area contributed by atoms with Crippen molar-refractivity contribution in [2.24, 2.45) is 0 Å². The number of nitrogen functional groups attached to an aromatic ring is 1. The summed E-state index contributed by atoms with van der Waals surface area (Å²) >= 11 is 1.72. The van der Waals surface area contributed by atoms with Crippen LogP contribution in [0, 0.1) is 5.82 Å². The first-order valence-electron chi connectivity index (χ1n) is 6.17. The van der Waals surface area contributed by atoms with Gasteiger partial charge in [0.1, 0.15) is 5.82 Å². The van der Waals surface area contributed by atoms with Gasteiger partial charge in [0, 0.05) is 18.7 Å². The predicted molar refractivity (Wildman–Crippen MR) is 77.7 cm³/mol. The van der Waals surface area contributed by atoms with Gasteiger partial charge in [-0.3, -0.25) is 4.79 Å². The molecule has 1 rings (SSSR count). The van der Waals surface area contributed by atoms with E-state index in [-0.39, 0.29) is 18.2 Å². The standard InChI is InChI=1S/C13H19FN2O2S/c14-11-5-4-10(9-12(11)15)16-13(18)3-1-7-19-8-2-6-17/h4-5,9,17H,1-3,6-8,15H2,(H,16,18). The number of amides is 1. The van der Waals surface area contributed by atoms with Gasteiger partial charge in [-0.25, -0.2) is 4.39 Å². The number of hydrogen-bond donors (Lipinski definition) is 3. The Kier molecular flexibility index (Phi) is 7.28. The van der Waals surface area contributed by atoms with E-state index in [1.807, 2.05) is 0 Å². The van der Waals surface area contributed by atoms with Crippen LogP contribution < -0.4 is 11.1 Å². The zero-order valence-electron chi connectivity index (χ0n) is 10.7. The minimum atomic E-state index is -0.488. The molecule has 4 nitrogen and oxygen atoms in total. The molecule has 106 valence electrons. The monoisotopic (exact) mass is 286 g/mol. The number of aliphatic hydroxyl groups is 1. The molecule has 0 unspecified atom stereocenters. The van der Waals surface area contributed by atoms with Crippen LogP contribution in [0.5, 0.6) is 0 Å². The number of nitrogens with two attached hydrogens (primary N) is 1. The van der Waals surface area contributed by atoms with Crippen LogP contribution in [0.25, 0.3) is 0 Å². The minimum absolute atomic E-state index is 0.0253. The molecule has 0 heterocycles. The van der Waals surface area contributed by atoms with Gasteiger partial charge in [0.25, 0.3) is 0 Å². The molecule has 0 spiro atoms. The molecule has 6 heteroatoms. The number of nitrogens with one attached hydrogen (secondary N) is 1. The van der Waals surface area contributed by atoms with Crippen molar-refractivity contribution in [2.75, 3.05) is 29.2 Å². The smallest absolute Gasteiger partial charge is 0.224 e. The lowest BCUT2D eigenvalue weighted by molar-refractivity contribution is -0.116. The summed E-state index contributed by atoms with van der Waals surface area (Å²) in [5, 5.41) is 11.3. The average molecular weight is 286 g/mol. The number of benzene rings is 1. The average Bonchev–Trinajstić information content (AvgIpc) is 2.38. The summed E-state index contributed by atoms with van der Waals surface area (Å²) < 4.78 is 12.9. The number of thioether (sulfide) groups is 1. The Morgan fingerprint density at radius 2 is 2.11 bits per heavy atom. The molecule has 1 amide bonds. The Morgan fingerprint density at radius 3 is 2.79 bits per heavy atom. The van der Waals surface area contributed by atoms with Gasteiger partial charge in [-0.1, -0.05) is 0 Å². The van der Waals surface area contributed by atoms with E-state index < -0.39 is 5.82 Å². The van der Waals surface area contributed by atoms with Crippen LogP contribution in [0.4, 0.5) is 15.8 Å². The highest BCUT2D eigenvalue weighted by Crippen LogP contribution is 2.16. The largest absolute Gasteiger partial charge is 0.396 e. The van der Waals surface area contributed by atoms with E-state index in [1.54, 1.807) is 11.8 Å². The predicted octanol–water partition coefficient (Wildman–Crippen LogP) is 2.24. The highest BCUT2D eigenvalue weighted by molar-refractivity contribution is 7.99. The number of rotatable bonds is 8. The maximum Gasteiger partial charge on any atom is 0.224 e. The zero-order chi connectivity index (χ0) is 14.1. The van der Waals surface area contributed by atoms with Crippen molar-refractivity contribution in [3.8, 4) is 0 Å². The second kappa shape index (κ2) is 8.77. The molecule has 0 aliphatic heterocycles. The fourth-order valence-corrected chi connectivity index (χ4v) is 2.33. The zero-order valence-corrected chi connectivity index (χ0v) is 11.5. The maximum atomic E-state index is 12.9. The van der Waals surface area contributed by atoms with Crippen LogP contribution in [0.2, 0.25) is 0 Å². The highest BCUT2D eigenvalue weighted by Gasteiger charge is 2.04. The molecule has 0 aliphatic carbocycles. The molecule has 0 aromatic heterocycles. The number of carbonyl (C=O) groups excluding carboxylic acids is 1. The van der Waals surface area contributed by atoms with E-state index in [0.29, 0.717) is 12.1 Å². The van der Waals surface area contributed by atoms with Crippen LogP contribution >= 0.6 is 11.8 Å². The molecule has 0 fully saturated rings. The van der Waals surface area contributed by atoms with Gasteiger partial charge in [-0.15, -0.1) is 0 Å². The fourth-order valence-electron chi connectivity index (χ4n) is 1.45. The molecule has 0 bridgehead atoms. The molecule has 1 aromatic carbocycles. The SMILES string of the molecule is Nc1cc(NC(=O)CCCSCCCO)ccc1F. The minimum Gasteiger partial charge on any atom is -0.396 e. The van der Waals surface area contributed by atoms with Crippen molar-refractivity contribution in [1.82, 2.24) is 0 Å². The van der Waals surface area contributed by atoms with E-state index in [9.17, 15) is 9.18 Å². The topological polar surface area (TPSA) is 75.3 Å². The fraction of sp³-hybridized carbons (Fsp3) is 0.462. The molecule has 0 aliphatic rings. The quantitative estimate of drug-likeness (QED) is 0.506. The Hall–Kier alpha value is -1.27. The molecule has 0 saturated carbocycles. The van der Waals surface area contributed by atoms with Crippen LogP contribution in [0.15, 0.2) is 18.2 Å². The summed E-state index contributed by atoms with van der Waals surface area (Å²) in [6.45, 7) is 0.208. The second-order valence-corrected chi connectivity index (χ2v) is 5.30. The Bertz CT molecular complexity index is 416. The normalized spacial score (nSPS) is 10.4. The van der Waals surface area contributed by atoms with E-state index in [1.165, 1.54) is 18.2 Å². The third kappa shape index (κ3) is 6.45. The summed E-state index contributed by atoms with van der Waals surface area (Å²) in [5.41, 5.74) is 5.95. The van der Waals surface area contributed by atoms with Gasteiger partial charge in [0.15, 0.2) is 0 Å². The Labute approximate surface area is 116 Å². The van der Waals surface area contributed by atoms with E-state index in [4.69, 9.17) is 10.8 Å². The van der Waals surface area contributed by atoms with E-state index >= 15 is 0 Å². The van der Waals surface area contributed by atoms with Gasteiger partial charge in [0.2, 0.25) is 5.91 Å². The Morgan fingerprint density at radius 1 is 1.37 bits per heavy atom. The van der Waals surface area contributed by atoms with E-state index in [0.717, 1.165) is 24.3 Å². The van der Waals surface area contributed by atoms with E-state index in [2.05, 4.69) is 5.32 Å². The van der Waals surface area contributed by atoms with Crippen molar-refractivity contribution in [1.29, 1.82) is 0 Å². The van der Waals surface area contributed by atoms with Gasteiger partial charge in [-0.05, 0) is 42.5 Å². The first-order valence-corrected chi connectivity index (χ1v) is 7.32. The summed E-state index contributed by atoms with van der Waals surface area (Å²) in [4.78, 5) is 11.6. The number of halogens is 1. The molecule has 1 aromatic rings. The summed E-state index contributed by atoms with van der Waals surface area (Å²) in [6, 6.07) is 4.12. The number of aliphatic hydroxyl groups excluding tert-OH is 1. The summed E-state index contributed by atoms with van der Waals surface area (Å²) in [6.07, 6.45) is 1.98. The van der Waals surface area contributed by atoms with Crippen molar-refractivity contribution in [3.63, 3.8) is 0 Å². The van der Waals surface area contributed by atoms with Gasteiger partial charge >= 0.3 is 0 Å². The number of hydrogen-bond acceptors (Lipinski definition) is 4. The van der Waals surface area contributed by atoms with Crippen LogP contribution in [0.1, 0.15) is 19.3 Å². The summed E-state index contributed by atoms with van der Waals surface area (Å²) in [7, 11) is 0. The first kappa shape index (κ1) is 15.8. The van der Waals surface area contributed by atoms with Gasteiger partial charge in [-0.2, -0.15) is 11.8 Å². The lowest BCUT2D eigenvalue weighted by Gasteiger charge is -2.06. The lowest BCUT2D eigenvalue weighted by Crippen LogP contribution is -2.11. The van der Waals surface area contributed by atoms with Crippen LogP contribution in [0.3, 0.4) is 0 Å². The molecule has 19 heavy (non-hydrogen) atoms. The third-order valence-electron chi connectivity index (χ3n) is 2.42. The van der Waals surface area contributed by atoms with Gasteiger partial charge in [0.05, 0.1) is 5.69 Å². The van der Waals surface area contributed by atoms with Crippen molar-refractivity contribution < 1.29 is 14.3 Å². The van der Waals surface area contributed by atoms with Crippen LogP contribution in [-0.2, 0) is 4.79 Å². The molecular weight excluding hydrogens is 267 g/mol. The maximum absolute atomic E-state index is 12.9. The van der Waals surface area contributed by atoms with Gasteiger partial charge < -0.3 is 16.2 Å². The van der Waals surface area contributed by atoms with Crippen molar-refractivity contribution in [2.45, 2.75) is 19.3 Å². The van der Waals surface area contributed by atoms with Crippen molar-refractivity contribution in [3.05, 3.63) is 24.0 Å². The van der Waals surface area contributed by atoms with Crippen molar-refractivity contribution >= 4 is 29.0 Å². The third-order valence-corrected chi connectivity index (χ3v) is 3.57. The number of anilines is 2. The highest BCUT2D eigenvalue weighted by atomic mass is 32.2. The second-order valence-electron chi connectivity index (χ2n) is 4.08. The summed E-state index contributed by atoms with van der Waals surface area (Å²) in [5.74, 6) is 1.21. The molecular formula is C13H19FN2O2S. The lowest BCUT2D eigenvalue weighted by atomic mass is 10.2. The molecule has 0 radical (unpaired) electrons. The molecule has 0 atom stereocenters. The van der Waals surface area contributed by atoms with Crippen LogP contribution in [-0.4, -0.2) is 29.1 Å². The molecule has 4 N–H and O–H groups in total. The number of carbonyl (C=O) groups is 1. The first-order chi connectivity index (χ1) is 9.13. The Balaban J connectivity index is 2.21. The molecule has 0 saturated heterocycles.